The van der Waals surface area contributed by atoms with Gasteiger partial charge in [0.1, 0.15) is 5.78 Å². The quantitative estimate of drug-likeness (QED) is 0.533. The molecule has 30 heavy (non-hydrogen) atoms. The summed E-state index contributed by atoms with van der Waals surface area (Å²) in [4.78, 5) is 12.9. The molecule has 2 heteroatoms. The lowest BCUT2D eigenvalue weighted by molar-refractivity contribution is -0.190. The monoisotopic (exact) mass is 416 g/mol. The van der Waals surface area contributed by atoms with E-state index >= 15 is 0 Å². The second-order valence-corrected chi connectivity index (χ2v) is 13.2. The van der Waals surface area contributed by atoms with Crippen molar-refractivity contribution >= 4 is 5.78 Å². The second-order valence-electron chi connectivity index (χ2n) is 13.2. The van der Waals surface area contributed by atoms with Crippen molar-refractivity contribution in [2.24, 2.45) is 51.8 Å². The van der Waals surface area contributed by atoms with Gasteiger partial charge in [-0.3, -0.25) is 4.79 Å². The van der Waals surface area contributed by atoms with E-state index in [1.165, 1.54) is 44.9 Å². The molecule has 0 radical (unpaired) electrons. The van der Waals surface area contributed by atoms with Gasteiger partial charge in [0.25, 0.3) is 0 Å². The zero-order valence-corrected chi connectivity index (χ0v) is 20.9. The van der Waals surface area contributed by atoms with Gasteiger partial charge < -0.3 is 5.11 Å². The Bertz CT molecular complexity index is 684. The van der Waals surface area contributed by atoms with Crippen LogP contribution < -0.4 is 0 Å². The third-order valence-corrected chi connectivity index (χ3v) is 11.8. The Kier molecular flexibility index (Phi) is 5.57. The maximum atomic E-state index is 12.9. The lowest BCUT2D eigenvalue weighted by Crippen LogP contribution is -2.60. The molecule has 2 nitrogen and oxygen atoms in total. The molecule has 0 aromatic carbocycles. The van der Waals surface area contributed by atoms with Gasteiger partial charge in [-0.2, -0.15) is 0 Å². The first-order chi connectivity index (χ1) is 13.9. The third kappa shape index (κ3) is 3.09. The highest BCUT2D eigenvalue weighted by molar-refractivity contribution is 5.82. The average molecular weight is 417 g/mol. The number of rotatable bonds is 4. The maximum absolute atomic E-state index is 12.9. The molecular formula is C28H48O2. The number of ketones is 1. The fourth-order valence-electron chi connectivity index (χ4n) is 9.91. The lowest BCUT2D eigenvalue weighted by atomic mass is 9.38. The van der Waals surface area contributed by atoms with Crippen molar-refractivity contribution in [3.63, 3.8) is 0 Å². The van der Waals surface area contributed by atoms with Crippen LogP contribution >= 0.6 is 0 Å². The largest absolute Gasteiger partial charge is 0.390 e. The molecule has 0 amide bonds. The van der Waals surface area contributed by atoms with Crippen LogP contribution in [-0.2, 0) is 4.79 Å². The predicted octanol–water partition coefficient (Wildman–Crippen LogP) is 7.04. The van der Waals surface area contributed by atoms with E-state index in [0.29, 0.717) is 33.9 Å². The Morgan fingerprint density at radius 3 is 2.13 bits per heavy atom. The lowest BCUT2D eigenvalue weighted by Gasteiger charge is -2.66. The molecule has 0 aliphatic heterocycles. The highest BCUT2D eigenvalue weighted by atomic mass is 16.3. The van der Waals surface area contributed by atoms with Gasteiger partial charge in [-0.05, 0) is 104 Å². The van der Waals surface area contributed by atoms with Crippen LogP contribution in [0.3, 0.4) is 0 Å². The zero-order valence-electron chi connectivity index (χ0n) is 20.9. The summed E-state index contributed by atoms with van der Waals surface area (Å²) < 4.78 is 0. The van der Waals surface area contributed by atoms with Crippen molar-refractivity contribution < 1.29 is 9.90 Å². The molecule has 4 rings (SSSR count). The first-order valence-electron chi connectivity index (χ1n) is 13.2. The highest BCUT2D eigenvalue weighted by Crippen LogP contribution is 2.73. The van der Waals surface area contributed by atoms with Crippen molar-refractivity contribution in [2.45, 2.75) is 118 Å². The SMILES string of the molecule is CC[C@]1(O)CC[C@@]2(C)[C@@H](CC[C@]3(C)[C@@H]2CC[C@@]2(C)[C@H]3CC[C@@H]2[C@H](C)C(=O)C(C)C)C1. The van der Waals surface area contributed by atoms with Crippen LogP contribution in [0.15, 0.2) is 0 Å². The topological polar surface area (TPSA) is 37.3 Å². The van der Waals surface area contributed by atoms with Gasteiger partial charge in [0.05, 0.1) is 5.60 Å². The number of Topliss-reactive ketones (excluding diaryl/α,β-unsaturated/α-hetero) is 1. The van der Waals surface area contributed by atoms with Gasteiger partial charge in [-0.25, -0.2) is 0 Å². The first-order valence-corrected chi connectivity index (χ1v) is 13.2. The van der Waals surface area contributed by atoms with Gasteiger partial charge in [0, 0.05) is 11.8 Å². The minimum Gasteiger partial charge on any atom is -0.390 e. The number of carbonyl (C=O) groups is 1. The Hall–Kier alpha value is -0.370. The summed E-state index contributed by atoms with van der Waals surface area (Å²) in [5.74, 6) is 3.66. The minimum absolute atomic E-state index is 0.156. The Morgan fingerprint density at radius 1 is 0.867 bits per heavy atom. The summed E-state index contributed by atoms with van der Waals surface area (Å²) in [5.41, 5.74) is 0.728. The van der Waals surface area contributed by atoms with E-state index in [1.54, 1.807) is 0 Å². The van der Waals surface area contributed by atoms with Crippen LogP contribution in [0.5, 0.6) is 0 Å². The van der Waals surface area contributed by atoms with Crippen molar-refractivity contribution in [1.82, 2.24) is 0 Å². The maximum Gasteiger partial charge on any atom is 0.138 e. The predicted molar refractivity (Wildman–Crippen MR) is 124 cm³/mol. The average Bonchev–Trinajstić information content (AvgIpc) is 3.06. The first kappa shape index (κ1) is 22.8. The van der Waals surface area contributed by atoms with E-state index in [1.807, 2.05) is 0 Å². The van der Waals surface area contributed by atoms with Crippen LogP contribution in [0.4, 0.5) is 0 Å². The fraction of sp³-hybridized carbons (Fsp3) is 0.964. The number of hydrogen-bond acceptors (Lipinski definition) is 2. The highest BCUT2D eigenvalue weighted by Gasteiger charge is 2.66. The molecule has 0 spiro atoms. The van der Waals surface area contributed by atoms with Gasteiger partial charge in [0.2, 0.25) is 0 Å². The van der Waals surface area contributed by atoms with Crippen molar-refractivity contribution in [1.29, 1.82) is 0 Å². The summed E-state index contributed by atoms with van der Waals surface area (Å²) in [6.07, 6.45) is 12.0. The third-order valence-electron chi connectivity index (χ3n) is 11.8. The summed E-state index contributed by atoms with van der Waals surface area (Å²) >= 11 is 0. The molecule has 0 aromatic heterocycles. The van der Waals surface area contributed by atoms with E-state index < -0.39 is 5.60 Å². The number of carbonyl (C=O) groups excluding carboxylic acids is 1. The smallest absolute Gasteiger partial charge is 0.138 e. The summed E-state index contributed by atoms with van der Waals surface area (Å²) in [6, 6.07) is 0. The molecule has 0 heterocycles. The van der Waals surface area contributed by atoms with E-state index in [0.717, 1.165) is 31.1 Å². The number of aliphatic hydroxyl groups is 1. The molecule has 0 aromatic rings. The minimum atomic E-state index is -0.411. The van der Waals surface area contributed by atoms with E-state index in [4.69, 9.17) is 0 Å². The van der Waals surface area contributed by atoms with Gasteiger partial charge in [-0.15, -0.1) is 0 Å². The molecule has 0 saturated heterocycles. The molecule has 9 atom stereocenters. The Labute approximate surface area is 186 Å². The van der Waals surface area contributed by atoms with Crippen molar-refractivity contribution in [2.75, 3.05) is 0 Å². The molecule has 4 aliphatic carbocycles. The molecule has 4 fully saturated rings. The van der Waals surface area contributed by atoms with Gasteiger partial charge in [-0.1, -0.05) is 48.5 Å². The Balaban J connectivity index is 1.61. The molecule has 1 N–H and O–H groups in total. The normalized spacial score (nSPS) is 51.8. The summed E-state index contributed by atoms with van der Waals surface area (Å²) in [6.45, 7) is 16.4. The molecule has 172 valence electrons. The fourth-order valence-corrected chi connectivity index (χ4v) is 9.91. The summed E-state index contributed by atoms with van der Waals surface area (Å²) in [5, 5.41) is 11.0. The zero-order chi connectivity index (χ0) is 22.1. The Morgan fingerprint density at radius 2 is 1.50 bits per heavy atom. The van der Waals surface area contributed by atoms with Gasteiger partial charge >= 0.3 is 0 Å². The van der Waals surface area contributed by atoms with Crippen LogP contribution in [0.25, 0.3) is 0 Å². The van der Waals surface area contributed by atoms with Crippen LogP contribution in [0, 0.1) is 51.8 Å². The second kappa shape index (κ2) is 7.32. The van der Waals surface area contributed by atoms with Crippen LogP contribution in [-0.4, -0.2) is 16.5 Å². The standard InChI is InChI=1S/C28H48O2/c1-8-28(30)16-15-25(5)20(17-28)11-13-27(7)22-10-9-21(19(4)24(29)18(2)3)26(22,6)14-12-23(25)27/h18-23,30H,8-17H2,1-7H3/t19-,20-,21+,22+,23+,25-,26+,27-,28-/m0/s1. The molecular weight excluding hydrogens is 368 g/mol. The van der Waals surface area contributed by atoms with E-state index in [-0.39, 0.29) is 11.8 Å². The van der Waals surface area contributed by atoms with Gasteiger partial charge in [0.15, 0.2) is 0 Å². The van der Waals surface area contributed by atoms with E-state index in [9.17, 15) is 9.90 Å². The molecule has 4 saturated carbocycles. The van der Waals surface area contributed by atoms with Crippen molar-refractivity contribution in [3.05, 3.63) is 0 Å². The van der Waals surface area contributed by atoms with Crippen LogP contribution in [0.2, 0.25) is 0 Å². The van der Waals surface area contributed by atoms with E-state index in [2.05, 4.69) is 48.5 Å². The molecule has 0 unspecified atom stereocenters. The number of hydrogen-bond donors (Lipinski definition) is 1. The summed E-state index contributed by atoms with van der Waals surface area (Å²) in [7, 11) is 0. The van der Waals surface area contributed by atoms with Crippen LogP contribution in [0.1, 0.15) is 113 Å². The number of fused-ring (bicyclic) bond motifs is 5. The molecule has 0 bridgehead atoms. The molecule has 4 aliphatic rings. The van der Waals surface area contributed by atoms with Crippen molar-refractivity contribution in [3.8, 4) is 0 Å².